The van der Waals surface area contributed by atoms with Gasteiger partial charge in [-0.05, 0) is 70.0 Å². The molecule has 1 amide bonds. The Balaban J connectivity index is 0.00000160. The summed E-state index contributed by atoms with van der Waals surface area (Å²) in [5.74, 6) is 0.678. The molecule has 2 aromatic heterocycles. The highest BCUT2D eigenvalue weighted by atomic mass is 35.5. The summed E-state index contributed by atoms with van der Waals surface area (Å²) in [6, 6.07) is 9.87. The molecular weight excluding hydrogens is 423 g/mol. The Morgan fingerprint density at radius 1 is 1.20 bits per heavy atom. The number of carbonyl (C=O) groups excluding carboxylic acids is 1. The molecule has 0 atom stereocenters. The quantitative estimate of drug-likeness (QED) is 0.644. The van der Waals surface area contributed by atoms with Gasteiger partial charge in [-0.2, -0.15) is 0 Å². The molecule has 1 N–H and O–H groups in total. The molecule has 0 saturated carbocycles. The number of aromatic nitrogens is 4. The van der Waals surface area contributed by atoms with Crippen LogP contribution in [0.3, 0.4) is 0 Å². The van der Waals surface area contributed by atoms with Gasteiger partial charge < -0.3 is 10.2 Å². The fourth-order valence-corrected chi connectivity index (χ4v) is 3.89. The molecule has 1 aliphatic rings. The van der Waals surface area contributed by atoms with E-state index in [-0.39, 0.29) is 30.7 Å². The average Bonchev–Trinajstić information content (AvgIpc) is 3.13. The molecule has 3 heterocycles. The number of pyridine rings is 1. The summed E-state index contributed by atoms with van der Waals surface area (Å²) in [7, 11) is 1.98. The number of hydrogen-bond acceptors (Lipinski definition) is 5. The molecule has 0 radical (unpaired) electrons. The second-order valence-electron chi connectivity index (χ2n) is 7.44. The minimum Gasteiger partial charge on any atom is -0.337 e. The minimum atomic E-state index is -0.0155. The highest BCUT2D eigenvalue weighted by Gasteiger charge is 2.27. The van der Waals surface area contributed by atoms with Crippen LogP contribution in [0.5, 0.6) is 0 Å². The van der Waals surface area contributed by atoms with E-state index >= 15 is 0 Å². The van der Waals surface area contributed by atoms with Crippen molar-refractivity contribution in [2.45, 2.75) is 26.2 Å². The number of carbonyl (C=O) groups is 1. The average molecular weight is 451 g/mol. The standard InChI is InChI=1S/C21H26N6O.2ClH/c1-15-20(21(28)26-12-8-16(9-13-26)7-11-22-2)24-25-27(15)18-5-6-19-17(14-18)4-3-10-23-19;;/h3-6,10,14,16,22H,7-9,11-13H2,1-2H3;2*1H. The van der Waals surface area contributed by atoms with Crippen molar-refractivity contribution >= 4 is 41.6 Å². The molecule has 3 aromatic rings. The third-order valence-corrected chi connectivity index (χ3v) is 5.63. The van der Waals surface area contributed by atoms with Crippen LogP contribution in [0.25, 0.3) is 16.6 Å². The SMILES string of the molecule is CNCCC1CCN(C(=O)c2nnn(-c3ccc4ncccc4c3)c2C)CC1.Cl.Cl. The summed E-state index contributed by atoms with van der Waals surface area (Å²) in [4.78, 5) is 19.3. The number of benzene rings is 1. The van der Waals surface area contributed by atoms with E-state index in [0.717, 1.165) is 54.8 Å². The van der Waals surface area contributed by atoms with E-state index in [0.29, 0.717) is 11.6 Å². The summed E-state index contributed by atoms with van der Waals surface area (Å²) in [6.07, 6.45) is 5.06. The first-order valence-electron chi connectivity index (χ1n) is 9.88. The van der Waals surface area contributed by atoms with Crippen molar-refractivity contribution in [3.8, 4) is 5.69 Å². The molecule has 30 heavy (non-hydrogen) atoms. The lowest BCUT2D eigenvalue weighted by Crippen LogP contribution is -2.39. The zero-order valence-electron chi connectivity index (χ0n) is 17.2. The van der Waals surface area contributed by atoms with Gasteiger partial charge in [0.2, 0.25) is 0 Å². The highest BCUT2D eigenvalue weighted by molar-refractivity contribution is 5.93. The molecule has 1 saturated heterocycles. The van der Waals surface area contributed by atoms with Gasteiger partial charge in [0.15, 0.2) is 5.69 Å². The van der Waals surface area contributed by atoms with Crippen molar-refractivity contribution in [3.63, 3.8) is 0 Å². The Labute approximate surface area is 189 Å². The van der Waals surface area contributed by atoms with Gasteiger partial charge in [-0.1, -0.05) is 11.3 Å². The van der Waals surface area contributed by atoms with Gasteiger partial charge in [0.1, 0.15) is 0 Å². The maximum absolute atomic E-state index is 13.0. The van der Waals surface area contributed by atoms with Crippen LogP contribution < -0.4 is 5.32 Å². The number of likely N-dealkylation sites (tertiary alicyclic amines) is 1. The lowest BCUT2D eigenvalue weighted by molar-refractivity contribution is 0.0680. The van der Waals surface area contributed by atoms with Gasteiger partial charge in [0.25, 0.3) is 5.91 Å². The second-order valence-corrected chi connectivity index (χ2v) is 7.44. The third-order valence-electron chi connectivity index (χ3n) is 5.63. The van der Waals surface area contributed by atoms with Gasteiger partial charge in [-0.15, -0.1) is 29.9 Å². The van der Waals surface area contributed by atoms with Gasteiger partial charge in [-0.3, -0.25) is 9.78 Å². The van der Waals surface area contributed by atoms with Crippen molar-refractivity contribution < 1.29 is 4.79 Å². The zero-order chi connectivity index (χ0) is 19.5. The first-order valence-corrected chi connectivity index (χ1v) is 9.88. The maximum atomic E-state index is 13.0. The summed E-state index contributed by atoms with van der Waals surface area (Å²) in [6.45, 7) is 4.52. The van der Waals surface area contributed by atoms with Crippen LogP contribution in [0.1, 0.15) is 35.4 Å². The topological polar surface area (TPSA) is 75.9 Å². The van der Waals surface area contributed by atoms with Gasteiger partial charge >= 0.3 is 0 Å². The normalized spacial score (nSPS) is 14.3. The number of amides is 1. The Hall–Kier alpha value is -2.22. The Morgan fingerprint density at radius 2 is 1.97 bits per heavy atom. The number of nitrogens with one attached hydrogen (secondary N) is 1. The zero-order valence-corrected chi connectivity index (χ0v) is 18.9. The number of piperidine rings is 1. The van der Waals surface area contributed by atoms with E-state index in [4.69, 9.17) is 0 Å². The first-order chi connectivity index (χ1) is 13.7. The van der Waals surface area contributed by atoms with Crippen LogP contribution in [0.4, 0.5) is 0 Å². The minimum absolute atomic E-state index is 0. The summed E-state index contributed by atoms with van der Waals surface area (Å²) < 4.78 is 1.74. The molecule has 0 unspecified atom stereocenters. The number of halogens is 2. The number of rotatable bonds is 5. The molecule has 162 valence electrons. The van der Waals surface area contributed by atoms with Crippen molar-refractivity contribution in [2.75, 3.05) is 26.7 Å². The van der Waals surface area contributed by atoms with Gasteiger partial charge in [0.05, 0.1) is 16.9 Å². The van der Waals surface area contributed by atoms with E-state index in [1.54, 1.807) is 10.9 Å². The summed E-state index contributed by atoms with van der Waals surface area (Å²) in [5.41, 5.74) is 3.03. The van der Waals surface area contributed by atoms with Crippen LogP contribution in [-0.4, -0.2) is 57.5 Å². The van der Waals surface area contributed by atoms with Crippen LogP contribution in [0.2, 0.25) is 0 Å². The monoisotopic (exact) mass is 450 g/mol. The summed E-state index contributed by atoms with van der Waals surface area (Å²) in [5, 5.41) is 12.7. The van der Waals surface area contributed by atoms with E-state index in [1.807, 2.05) is 49.2 Å². The Morgan fingerprint density at radius 3 is 2.70 bits per heavy atom. The molecule has 7 nitrogen and oxygen atoms in total. The van der Waals surface area contributed by atoms with Gasteiger partial charge in [0, 0.05) is 24.7 Å². The molecule has 0 aliphatic carbocycles. The maximum Gasteiger partial charge on any atom is 0.276 e. The fourth-order valence-electron chi connectivity index (χ4n) is 3.89. The van der Waals surface area contributed by atoms with Gasteiger partial charge in [-0.25, -0.2) is 4.68 Å². The molecule has 1 fully saturated rings. The molecule has 1 aromatic carbocycles. The van der Waals surface area contributed by atoms with E-state index in [1.165, 1.54) is 6.42 Å². The molecule has 0 spiro atoms. The third kappa shape index (κ3) is 4.91. The van der Waals surface area contributed by atoms with Crippen LogP contribution in [0, 0.1) is 12.8 Å². The van der Waals surface area contributed by atoms with Crippen molar-refractivity contribution in [1.29, 1.82) is 0 Å². The predicted molar refractivity (Wildman–Crippen MR) is 123 cm³/mol. The molecule has 1 aliphatic heterocycles. The van der Waals surface area contributed by atoms with E-state index in [9.17, 15) is 4.79 Å². The fraction of sp³-hybridized carbons (Fsp3) is 0.429. The highest BCUT2D eigenvalue weighted by Crippen LogP contribution is 2.23. The molecule has 4 rings (SSSR count). The first kappa shape index (κ1) is 24.1. The van der Waals surface area contributed by atoms with Crippen LogP contribution >= 0.6 is 24.8 Å². The van der Waals surface area contributed by atoms with Crippen LogP contribution in [-0.2, 0) is 0 Å². The Kier molecular flexibility index (Phi) is 8.58. The van der Waals surface area contributed by atoms with Crippen molar-refractivity contribution in [2.24, 2.45) is 5.92 Å². The number of nitrogens with zero attached hydrogens (tertiary/aromatic N) is 5. The Bertz CT molecular complexity index is 985. The smallest absolute Gasteiger partial charge is 0.276 e. The van der Waals surface area contributed by atoms with E-state index in [2.05, 4.69) is 20.6 Å². The van der Waals surface area contributed by atoms with E-state index < -0.39 is 0 Å². The number of fused-ring (bicyclic) bond motifs is 1. The lowest BCUT2D eigenvalue weighted by Gasteiger charge is -2.31. The lowest BCUT2D eigenvalue weighted by atomic mass is 9.93. The van der Waals surface area contributed by atoms with Crippen molar-refractivity contribution in [3.05, 3.63) is 47.9 Å². The van der Waals surface area contributed by atoms with Crippen molar-refractivity contribution in [1.82, 2.24) is 30.2 Å². The molecular formula is C21H28Cl2N6O. The summed E-state index contributed by atoms with van der Waals surface area (Å²) >= 11 is 0. The number of hydrogen-bond donors (Lipinski definition) is 1. The molecule has 9 heteroatoms. The largest absolute Gasteiger partial charge is 0.337 e. The molecule has 0 bridgehead atoms. The predicted octanol–water partition coefficient (Wildman–Crippen LogP) is 3.43. The second kappa shape index (κ2) is 10.7. The van der Waals surface area contributed by atoms with Crippen LogP contribution in [0.15, 0.2) is 36.5 Å².